The number of carbonyl (C=O) groups is 2. The molecule has 0 saturated carbocycles. The summed E-state index contributed by atoms with van der Waals surface area (Å²) in [7, 11) is 0. The standard InChI is InChI=1S/C28H25N3O6/c1-17-22(18(2)37-31-17)15-34-24-10-6-4-8-21(24)28(33)30-23-9-5-3-7-20(23)27(32)29-14-19-11-12-25-26(13-19)36-16-35-25/h3-13H,14-16H2,1-2H3,(H,29,32)(H,30,33). The summed E-state index contributed by atoms with van der Waals surface area (Å²) in [6.07, 6.45) is 0. The highest BCUT2D eigenvalue weighted by Gasteiger charge is 2.19. The zero-order chi connectivity index (χ0) is 25.8. The molecule has 0 saturated heterocycles. The Labute approximate surface area is 213 Å². The van der Waals surface area contributed by atoms with Gasteiger partial charge in [0, 0.05) is 6.54 Å². The number of fused-ring (bicyclic) bond motifs is 1. The van der Waals surface area contributed by atoms with E-state index in [1.807, 2.05) is 32.0 Å². The van der Waals surface area contributed by atoms with Gasteiger partial charge in [0.2, 0.25) is 6.79 Å². The van der Waals surface area contributed by atoms with E-state index in [9.17, 15) is 9.59 Å². The van der Waals surface area contributed by atoms with E-state index in [1.54, 1.807) is 48.5 Å². The molecule has 0 unspecified atom stereocenters. The summed E-state index contributed by atoms with van der Waals surface area (Å²) < 4.78 is 21.8. The Morgan fingerprint density at radius 2 is 1.68 bits per heavy atom. The Morgan fingerprint density at radius 3 is 2.49 bits per heavy atom. The van der Waals surface area contributed by atoms with Crippen LogP contribution in [0.25, 0.3) is 0 Å². The number of aromatic nitrogens is 1. The van der Waals surface area contributed by atoms with E-state index in [-0.39, 0.29) is 25.9 Å². The molecule has 0 radical (unpaired) electrons. The van der Waals surface area contributed by atoms with Crippen molar-refractivity contribution in [3.63, 3.8) is 0 Å². The van der Waals surface area contributed by atoms with Gasteiger partial charge in [-0.15, -0.1) is 0 Å². The molecule has 37 heavy (non-hydrogen) atoms. The summed E-state index contributed by atoms with van der Waals surface area (Å²) in [6.45, 7) is 4.33. The number of ether oxygens (including phenoxy) is 3. The van der Waals surface area contributed by atoms with Gasteiger partial charge >= 0.3 is 0 Å². The quantitative estimate of drug-likeness (QED) is 0.359. The van der Waals surface area contributed by atoms with E-state index in [0.29, 0.717) is 39.8 Å². The SMILES string of the molecule is Cc1noc(C)c1COc1ccccc1C(=O)Nc1ccccc1C(=O)NCc1ccc2c(c1)OCO2. The fraction of sp³-hybridized carbons (Fsp3) is 0.179. The largest absolute Gasteiger partial charge is 0.488 e. The number of aryl methyl sites for hydroxylation is 2. The molecule has 0 fully saturated rings. The van der Waals surface area contributed by atoms with Crippen molar-refractivity contribution in [2.75, 3.05) is 12.1 Å². The van der Waals surface area contributed by atoms with Crippen LogP contribution in [0.3, 0.4) is 0 Å². The Balaban J connectivity index is 1.27. The molecular formula is C28H25N3O6. The first-order chi connectivity index (χ1) is 18.0. The second-order valence-corrected chi connectivity index (χ2v) is 8.46. The van der Waals surface area contributed by atoms with E-state index in [1.165, 1.54) is 0 Å². The Morgan fingerprint density at radius 1 is 0.919 bits per heavy atom. The third-order valence-electron chi connectivity index (χ3n) is 5.99. The lowest BCUT2D eigenvalue weighted by atomic mass is 10.1. The fourth-order valence-electron chi connectivity index (χ4n) is 3.95. The molecule has 2 amide bonds. The minimum atomic E-state index is -0.398. The van der Waals surface area contributed by atoms with Crippen LogP contribution in [0.15, 0.2) is 71.3 Å². The minimum Gasteiger partial charge on any atom is -0.488 e. The van der Waals surface area contributed by atoms with Crippen LogP contribution in [0.1, 0.15) is 43.3 Å². The van der Waals surface area contributed by atoms with Crippen molar-refractivity contribution < 1.29 is 28.3 Å². The fourth-order valence-corrected chi connectivity index (χ4v) is 3.95. The second kappa shape index (κ2) is 10.4. The summed E-state index contributed by atoms with van der Waals surface area (Å²) in [5, 5.41) is 9.67. The molecule has 2 heterocycles. The highest BCUT2D eigenvalue weighted by molar-refractivity contribution is 6.10. The predicted octanol–water partition coefficient (Wildman–Crippen LogP) is 4.78. The lowest BCUT2D eigenvalue weighted by Crippen LogP contribution is -2.25. The van der Waals surface area contributed by atoms with Crippen LogP contribution in [0.2, 0.25) is 0 Å². The number of amides is 2. The number of nitrogens with one attached hydrogen (secondary N) is 2. The maximum Gasteiger partial charge on any atom is 0.259 e. The lowest BCUT2D eigenvalue weighted by Gasteiger charge is -2.14. The van der Waals surface area contributed by atoms with Crippen LogP contribution in [0, 0.1) is 13.8 Å². The van der Waals surface area contributed by atoms with Crippen molar-refractivity contribution in [2.45, 2.75) is 27.0 Å². The van der Waals surface area contributed by atoms with Crippen molar-refractivity contribution in [3.05, 3.63) is 100 Å². The van der Waals surface area contributed by atoms with Gasteiger partial charge in [-0.3, -0.25) is 9.59 Å². The smallest absolute Gasteiger partial charge is 0.259 e. The Hall–Kier alpha value is -4.79. The predicted molar refractivity (Wildman–Crippen MR) is 135 cm³/mol. The number of rotatable bonds is 8. The highest BCUT2D eigenvalue weighted by Crippen LogP contribution is 2.32. The van der Waals surface area contributed by atoms with Gasteiger partial charge < -0.3 is 29.4 Å². The van der Waals surface area contributed by atoms with Crippen molar-refractivity contribution in [2.24, 2.45) is 0 Å². The maximum absolute atomic E-state index is 13.2. The van der Waals surface area contributed by atoms with E-state index < -0.39 is 5.91 Å². The molecule has 9 heteroatoms. The van der Waals surface area contributed by atoms with E-state index >= 15 is 0 Å². The molecule has 2 N–H and O–H groups in total. The van der Waals surface area contributed by atoms with Crippen LogP contribution in [-0.4, -0.2) is 23.8 Å². The molecule has 0 spiro atoms. The second-order valence-electron chi connectivity index (χ2n) is 8.46. The maximum atomic E-state index is 13.2. The molecule has 1 aliphatic rings. The minimum absolute atomic E-state index is 0.187. The number of nitrogens with zero attached hydrogens (tertiary/aromatic N) is 1. The normalized spacial score (nSPS) is 11.7. The number of hydrogen-bond donors (Lipinski definition) is 2. The highest BCUT2D eigenvalue weighted by atomic mass is 16.7. The molecule has 3 aromatic carbocycles. The summed E-state index contributed by atoms with van der Waals surface area (Å²) in [4.78, 5) is 26.2. The van der Waals surface area contributed by atoms with E-state index in [4.69, 9.17) is 18.7 Å². The molecule has 1 aliphatic heterocycles. The van der Waals surface area contributed by atoms with E-state index in [2.05, 4.69) is 15.8 Å². The molecule has 0 aliphatic carbocycles. The van der Waals surface area contributed by atoms with Crippen LogP contribution in [0.5, 0.6) is 17.2 Å². The Bertz CT molecular complexity index is 1440. The van der Waals surface area contributed by atoms with Crippen LogP contribution in [0.4, 0.5) is 5.69 Å². The molecule has 0 bridgehead atoms. The third-order valence-corrected chi connectivity index (χ3v) is 5.99. The van der Waals surface area contributed by atoms with Crippen LogP contribution >= 0.6 is 0 Å². The average Bonchev–Trinajstić information content (AvgIpc) is 3.51. The van der Waals surface area contributed by atoms with Gasteiger partial charge in [0.05, 0.1) is 28.1 Å². The summed E-state index contributed by atoms with van der Waals surface area (Å²) in [5.41, 5.74) is 3.50. The number of hydrogen-bond acceptors (Lipinski definition) is 7. The molecule has 188 valence electrons. The number of anilines is 1. The van der Waals surface area contributed by atoms with Gasteiger partial charge in [0.1, 0.15) is 18.1 Å². The topological polar surface area (TPSA) is 112 Å². The molecule has 0 atom stereocenters. The lowest BCUT2D eigenvalue weighted by molar-refractivity contribution is 0.0951. The average molecular weight is 500 g/mol. The molecule has 5 rings (SSSR count). The third kappa shape index (κ3) is 5.25. The molecule has 9 nitrogen and oxygen atoms in total. The zero-order valence-electron chi connectivity index (χ0n) is 20.4. The summed E-state index contributed by atoms with van der Waals surface area (Å²) in [6, 6.07) is 19.3. The van der Waals surface area contributed by atoms with Gasteiger partial charge in [0.15, 0.2) is 11.5 Å². The first-order valence-electron chi connectivity index (χ1n) is 11.7. The summed E-state index contributed by atoms with van der Waals surface area (Å²) in [5.74, 6) is 1.68. The first kappa shape index (κ1) is 23.9. The monoisotopic (exact) mass is 499 g/mol. The van der Waals surface area contributed by atoms with Crippen molar-refractivity contribution >= 4 is 17.5 Å². The van der Waals surface area contributed by atoms with Gasteiger partial charge in [-0.25, -0.2) is 0 Å². The van der Waals surface area contributed by atoms with Gasteiger partial charge in [-0.1, -0.05) is 35.5 Å². The van der Waals surface area contributed by atoms with Crippen molar-refractivity contribution in [1.82, 2.24) is 10.5 Å². The van der Waals surface area contributed by atoms with E-state index in [0.717, 1.165) is 16.8 Å². The van der Waals surface area contributed by atoms with Crippen molar-refractivity contribution in [1.29, 1.82) is 0 Å². The van der Waals surface area contributed by atoms with Gasteiger partial charge in [-0.2, -0.15) is 0 Å². The van der Waals surface area contributed by atoms with Gasteiger partial charge in [0.25, 0.3) is 11.8 Å². The summed E-state index contributed by atoms with van der Waals surface area (Å²) >= 11 is 0. The number of benzene rings is 3. The molecule has 4 aromatic rings. The first-order valence-corrected chi connectivity index (χ1v) is 11.7. The molecule has 1 aromatic heterocycles. The van der Waals surface area contributed by atoms with Crippen LogP contribution in [-0.2, 0) is 13.2 Å². The zero-order valence-corrected chi connectivity index (χ0v) is 20.4. The van der Waals surface area contributed by atoms with Crippen molar-refractivity contribution in [3.8, 4) is 17.2 Å². The van der Waals surface area contributed by atoms with Crippen LogP contribution < -0.4 is 24.8 Å². The Kier molecular flexibility index (Phi) is 6.76. The number of para-hydroxylation sites is 2. The van der Waals surface area contributed by atoms with Gasteiger partial charge in [-0.05, 0) is 55.8 Å². The molecular weight excluding hydrogens is 474 g/mol. The number of carbonyl (C=O) groups excluding carboxylic acids is 2.